The van der Waals surface area contributed by atoms with E-state index in [9.17, 15) is 14.4 Å². The molecule has 1 heterocycles. The number of carbonyl (C=O) groups is 3. The van der Waals surface area contributed by atoms with Gasteiger partial charge in [0.15, 0.2) is 0 Å². The van der Waals surface area contributed by atoms with Crippen LogP contribution in [0, 0.1) is 11.8 Å². The summed E-state index contributed by atoms with van der Waals surface area (Å²) in [6.45, 7) is 0.210. The molecule has 0 spiro atoms. The van der Waals surface area contributed by atoms with E-state index in [-0.39, 0.29) is 48.1 Å². The van der Waals surface area contributed by atoms with Crippen LogP contribution in [0.25, 0.3) is 0 Å². The zero-order chi connectivity index (χ0) is 18.1. The summed E-state index contributed by atoms with van der Waals surface area (Å²) in [6.07, 6.45) is 6.84. The summed E-state index contributed by atoms with van der Waals surface area (Å²) in [4.78, 5) is 38.9. The van der Waals surface area contributed by atoms with Crippen LogP contribution in [0.3, 0.4) is 0 Å². The van der Waals surface area contributed by atoms with Crippen molar-refractivity contribution in [3.05, 3.63) is 35.9 Å². The molecule has 2 unspecified atom stereocenters. The minimum atomic E-state index is -0.272. The van der Waals surface area contributed by atoms with Crippen LogP contribution in [0.15, 0.2) is 30.3 Å². The molecule has 3 fully saturated rings. The Morgan fingerprint density at radius 2 is 1.62 bits per heavy atom. The van der Waals surface area contributed by atoms with E-state index in [1.54, 1.807) is 0 Å². The molecule has 4 rings (SSSR count). The van der Waals surface area contributed by atoms with E-state index in [1.165, 1.54) is 4.90 Å². The van der Waals surface area contributed by atoms with E-state index < -0.39 is 0 Å². The van der Waals surface area contributed by atoms with Crippen LogP contribution in [0.5, 0.6) is 0 Å². The van der Waals surface area contributed by atoms with E-state index >= 15 is 0 Å². The third-order valence-electron chi connectivity index (χ3n) is 6.41. The largest absolute Gasteiger partial charge is 0.347 e. The Balaban J connectivity index is 1.37. The summed E-state index contributed by atoms with van der Waals surface area (Å²) >= 11 is 0. The predicted molar refractivity (Wildman–Crippen MR) is 96.9 cm³/mol. The molecule has 1 saturated heterocycles. The van der Waals surface area contributed by atoms with Gasteiger partial charge in [0.2, 0.25) is 17.7 Å². The number of amides is 3. The number of hydrogen-bond donors (Lipinski definition) is 1. The highest BCUT2D eigenvalue weighted by Crippen LogP contribution is 2.41. The lowest BCUT2D eigenvalue weighted by Gasteiger charge is -2.43. The van der Waals surface area contributed by atoms with Crippen LogP contribution in [0.1, 0.15) is 56.9 Å². The first-order valence-electron chi connectivity index (χ1n) is 9.82. The average molecular weight is 354 g/mol. The van der Waals surface area contributed by atoms with Crippen LogP contribution < -0.4 is 5.32 Å². The molecule has 0 aromatic heterocycles. The highest BCUT2D eigenvalue weighted by atomic mass is 16.2. The molecule has 0 bridgehead atoms. The predicted octanol–water partition coefficient (Wildman–Crippen LogP) is 2.75. The maximum atomic E-state index is 12.5. The Kier molecular flexibility index (Phi) is 4.55. The summed E-state index contributed by atoms with van der Waals surface area (Å²) in [5.41, 5.74) is 0.865. The second-order valence-electron chi connectivity index (χ2n) is 7.93. The van der Waals surface area contributed by atoms with Crippen LogP contribution >= 0.6 is 0 Å². The van der Waals surface area contributed by atoms with Gasteiger partial charge in [0.25, 0.3) is 0 Å². The van der Waals surface area contributed by atoms with E-state index in [4.69, 9.17) is 0 Å². The molecular weight excluding hydrogens is 328 g/mol. The molecule has 2 atom stereocenters. The maximum Gasteiger partial charge on any atom is 0.233 e. The lowest BCUT2D eigenvalue weighted by Crippen LogP contribution is -2.51. The number of hydrogen-bond acceptors (Lipinski definition) is 3. The zero-order valence-electron chi connectivity index (χ0n) is 15.1. The Labute approximate surface area is 154 Å². The number of benzene rings is 1. The number of carbonyl (C=O) groups excluding carboxylic acids is 3. The van der Waals surface area contributed by atoms with Gasteiger partial charge in [-0.05, 0) is 37.7 Å². The summed E-state index contributed by atoms with van der Waals surface area (Å²) in [5.74, 6) is -0.477. The molecule has 5 nitrogen and oxygen atoms in total. The first kappa shape index (κ1) is 17.3. The first-order chi connectivity index (χ1) is 12.6. The molecule has 3 amide bonds. The first-order valence-corrected chi connectivity index (χ1v) is 9.82. The highest BCUT2D eigenvalue weighted by Gasteiger charge is 2.48. The van der Waals surface area contributed by atoms with Crippen molar-refractivity contribution >= 4 is 17.7 Å². The number of nitrogens with one attached hydrogen (secondary N) is 1. The van der Waals surface area contributed by atoms with Gasteiger partial charge in [-0.1, -0.05) is 43.2 Å². The Hall–Kier alpha value is -2.17. The van der Waals surface area contributed by atoms with Crippen molar-refractivity contribution in [3.63, 3.8) is 0 Å². The van der Waals surface area contributed by atoms with Gasteiger partial charge in [-0.2, -0.15) is 0 Å². The minimum absolute atomic E-state index is 0.0612. The van der Waals surface area contributed by atoms with Gasteiger partial charge in [0.05, 0.1) is 17.4 Å². The molecule has 2 saturated carbocycles. The summed E-state index contributed by atoms with van der Waals surface area (Å²) in [5, 5.41) is 3.17. The minimum Gasteiger partial charge on any atom is -0.347 e. The molecule has 26 heavy (non-hydrogen) atoms. The van der Waals surface area contributed by atoms with Gasteiger partial charge in [-0.25, -0.2) is 0 Å². The highest BCUT2D eigenvalue weighted by molar-refractivity contribution is 6.05. The van der Waals surface area contributed by atoms with Crippen molar-refractivity contribution in [3.8, 4) is 0 Å². The second-order valence-corrected chi connectivity index (χ2v) is 7.93. The monoisotopic (exact) mass is 354 g/mol. The van der Waals surface area contributed by atoms with Crippen LogP contribution in [-0.2, 0) is 19.9 Å². The van der Waals surface area contributed by atoms with E-state index in [2.05, 4.69) is 17.4 Å². The molecule has 1 aromatic carbocycles. The molecular formula is C21H26N2O3. The van der Waals surface area contributed by atoms with Gasteiger partial charge in [-0.3, -0.25) is 19.3 Å². The molecule has 1 N–H and O–H groups in total. The number of rotatable bonds is 5. The average Bonchev–Trinajstić information content (AvgIpc) is 2.88. The molecule has 1 aliphatic heterocycles. The Morgan fingerprint density at radius 3 is 2.15 bits per heavy atom. The number of imide groups is 1. The topological polar surface area (TPSA) is 66.5 Å². The van der Waals surface area contributed by atoms with Gasteiger partial charge in [-0.15, -0.1) is 0 Å². The Morgan fingerprint density at radius 1 is 1.00 bits per heavy atom. The van der Waals surface area contributed by atoms with Crippen molar-refractivity contribution in [2.24, 2.45) is 11.8 Å². The van der Waals surface area contributed by atoms with Crippen molar-refractivity contribution in [2.75, 3.05) is 6.54 Å². The van der Waals surface area contributed by atoms with Crippen LogP contribution in [0.2, 0.25) is 0 Å². The summed E-state index contributed by atoms with van der Waals surface area (Å²) < 4.78 is 0. The molecule has 5 heteroatoms. The normalized spacial score (nSPS) is 27.0. The molecule has 3 aliphatic rings. The number of nitrogens with zero attached hydrogens (tertiary/aromatic N) is 1. The smallest absolute Gasteiger partial charge is 0.233 e. The molecule has 0 radical (unpaired) electrons. The van der Waals surface area contributed by atoms with E-state index in [1.807, 2.05) is 18.2 Å². The van der Waals surface area contributed by atoms with Crippen LogP contribution in [0.4, 0.5) is 0 Å². The third-order valence-corrected chi connectivity index (χ3v) is 6.41. The third kappa shape index (κ3) is 2.93. The number of fused-ring (bicyclic) bond motifs is 1. The van der Waals surface area contributed by atoms with Crippen LogP contribution in [-0.4, -0.2) is 29.2 Å². The van der Waals surface area contributed by atoms with Gasteiger partial charge in [0.1, 0.15) is 0 Å². The fourth-order valence-corrected chi connectivity index (χ4v) is 4.77. The lowest BCUT2D eigenvalue weighted by molar-refractivity contribution is -0.140. The quantitative estimate of drug-likeness (QED) is 0.827. The number of likely N-dealkylation sites (tertiary alicyclic amines) is 1. The molecule has 2 aliphatic carbocycles. The SMILES string of the molecule is O=C(CCN1C(=O)C2CCCCC2C1=O)NC1(c2ccccc2)CCC1. The summed E-state index contributed by atoms with van der Waals surface area (Å²) in [6, 6.07) is 10.1. The zero-order valence-corrected chi connectivity index (χ0v) is 15.1. The van der Waals surface area contributed by atoms with E-state index in [0.717, 1.165) is 50.5 Å². The van der Waals surface area contributed by atoms with Crippen molar-refractivity contribution in [1.29, 1.82) is 0 Å². The second kappa shape index (κ2) is 6.86. The maximum absolute atomic E-state index is 12.5. The fraction of sp³-hybridized carbons (Fsp3) is 0.571. The fourth-order valence-electron chi connectivity index (χ4n) is 4.77. The van der Waals surface area contributed by atoms with Gasteiger partial charge >= 0.3 is 0 Å². The molecule has 138 valence electrons. The van der Waals surface area contributed by atoms with Gasteiger partial charge < -0.3 is 5.32 Å². The molecule has 1 aromatic rings. The van der Waals surface area contributed by atoms with Crippen molar-refractivity contribution in [1.82, 2.24) is 10.2 Å². The van der Waals surface area contributed by atoms with Crippen molar-refractivity contribution < 1.29 is 14.4 Å². The Bertz CT molecular complexity index is 687. The van der Waals surface area contributed by atoms with Crippen molar-refractivity contribution in [2.45, 2.75) is 56.9 Å². The summed E-state index contributed by atoms with van der Waals surface area (Å²) in [7, 11) is 0. The van der Waals surface area contributed by atoms with Gasteiger partial charge in [0, 0.05) is 13.0 Å². The lowest BCUT2D eigenvalue weighted by atomic mass is 9.71. The standard InChI is InChI=1S/C21H26N2O3/c24-18(22-21(12-6-13-21)15-7-2-1-3-8-15)11-14-23-19(25)16-9-4-5-10-17(16)20(23)26/h1-3,7-8,16-17H,4-6,9-14H2,(H,22,24). The van der Waals surface area contributed by atoms with E-state index in [0.29, 0.717) is 0 Å².